The van der Waals surface area contributed by atoms with Crippen molar-refractivity contribution in [2.24, 2.45) is 5.92 Å². The molecule has 1 aromatic carbocycles. The molecule has 0 saturated carbocycles. The molecule has 0 saturated heterocycles. The number of aliphatic hydroxyl groups excluding tert-OH is 1. The molecule has 0 spiro atoms. The van der Waals surface area contributed by atoms with Crippen LogP contribution >= 0.6 is 11.6 Å². The van der Waals surface area contributed by atoms with E-state index in [1.54, 1.807) is 18.2 Å². The average Bonchev–Trinajstić information content (AvgIpc) is 2.42. The lowest BCUT2D eigenvalue weighted by molar-refractivity contribution is -0.119. The van der Waals surface area contributed by atoms with Gasteiger partial charge in [0.05, 0.1) is 17.3 Å². The molecule has 1 aromatic rings. The van der Waals surface area contributed by atoms with Crippen molar-refractivity contribution < 1.29 is 9.90 Å². The van der Waals surface area contributed by atoms with Gasteiger partial charge in [-0.15, -0.1) is 0 Å². The Bertz CT molecular complexity index is 517. The van der Waals surface area contributed by atoms with Gasteiger partial charge in [0.25, 0.3) is 0 Å². The summed E-state index contributed by atoms with van der Waals surface area (Å²) in [5.74, 6) is 5.68. The summed E-state index contributed by atoms with van der Waals surface area (Å²) in [7, 11) is 0. The molecule has 4 heteroatoms. The zero-order valence-corrected chi connectivity index (χ0v) is 12.6. The normalized spacial score (nSPS) is 11.4. The number of amides is 1. The first-order valence-electron chi connectivity index (χ1n) is 6.78. The zero-order chi connectivity index (χ0) is 15.0. The molecule has 1 atom stereocenters. The Kier molecular flexibility index (Phi) is 7.14. The number of hydrogen-bond donors (Lipinski definition) is 2. The molecule has 20 heavy (non-hydrogen) atoms. The molecule has 0 aliphatic carbocycles. The minimum atomic E-state index is -0.0415. The van der Waals surface area contributed by atoms with E-state index in [0.717, 1.165) is 18.4 Å². The molecule has 0 aromatic heterocycles. The molecule has 108 valence electrons. The number of rotatable bonds is 5. The van der Waals surface area contributed by atoms with Crippen LogP contribution in [0.3, 0.4) is 0 Å². The highest BCUT2D eigenvalue weighted by atomic mass is 35.5. The van der Waals surface area contributed by atoms with Gasteiger partial charge in [0.2, 0.25) is 5.91 Å². The molecule has 0 fully saturated rings. The number of carbonyl (C=O) groups is 1. The molecular formula is C16H20ClNO2. The predicted octanol–water partition coefficient (Wildman–Crippen LogP) is 3.45. The van der Waals surface area contributed by atoms with Crippen molar-refractivity contribution in [3.8, 4) is 11.8 Å². The molecule has 2 N–H and O–H groups in total. The van der Waals surface area contributed by atoms with Gasteiger partial charge in [0.1, 0.15) is 0 Å². The Balaban J connectivity index is 2.82. The lowest BCUT2D eigenvalue weighted by Crippen LogP contribution is -2.20. The summed E-state index contributed by atoms with van der Waals surface area (Å²) < 4.78 is 0. The summed E-state index contributed by atoms with van der Waals surface area (Å²) >= 11 is 6.08. The van der Waals surface area contributed by atoms with Gasteiger partial charge in [0, 0.05) is 17.9 Å². The standard InChI is InChI=1S/C16H20ClNO2/c1-3-6-12(2)16(20)18-15-11-13(7-4-5-10-19)8-9-14(15)17/h8-9,11-12,19H,3,5-6,10H2,1-2H3,(H,18,20). The smallest absolute Gasteiger partial charge is 0.227 e. The highest BCUT2D eigenvalue weighted by molar-refractivity contribution is 6.33. The average molecular weight is 294 g/mol. The van der Waals surface area contributed by atoms with Crippen LogP contribution in [0.25, 0.3) is 0 Å². The summed E-state index contributed by atoms with van der Waals surface area (Å²) in [5.41, 5.74) is 1.34. The monoisotopic (exact) mass is 293 g/mol. The van der Waals surface area contributed by atoms with Crippen LogP contribution in [0.15, 0.2) is 18.2 Å². The molecule has 1 amide bonds. The molecule has 0 bridgehead atoms. The van der Waals surface area contributed by atoms with Gasteiger partial charge in [-0.1, -0.05) is 43.7 Å². The molecule has 0 heterocycles. The molecule has 3 nitrogen and oxygen atoms in total. The first-order valence-corrected chi connectivity index (χ1v) is 7.16. The van der Waals surface area contributed by atoms with Crippen molar-refractivity contribution in [3.63, 3.8) is 0 Å². The first kappa shape index (κ1) is 16.6. The SMILES string of the molecule is CCCC(C)C(=O)Nc1cc(C#CCCO)ccc1Cl. The van der Waals surface area contributed by atoms with Crippen molar-refractivity contribution in [1.82, 2.24) is 0 Å². The minimum Gasteiger partial charge on any atom is -0.395 e. The van der Waals surface area contributed by atoms with E-state index in [1.807, 2.05) is 13.8 Å². The van der Waals surface area contributed by atoms with Gasteiger partial charge in [-0.25, -0.2) is 0 Å². The van der Waals surface area contributed by atoms with E-state index >= 15 is 0 Å². The van der Waals surface area contributed by atoms with Crippen LogP contribution in [0.1, 0.15) is 38.7 Å². The van der Waals surface area contributed by atoms with Crippen molar-refractivity contribution in [3.05, 3.63) is 28.8 Å². The Morgan fingerprint density at radius 3 is 2.90 bits per heavy atom. The van der Waals surface area contributed by atoms with Gasteiger partial charge >= 0.3 is 0 Å². The second-order valence-electron chi connectivity index (χ2n) is 4.65. The van der Waals surface area contributed by atoms with Crippen LogP contribution < -0.4 is 5.32 Å². The zero-order valence-electron chi connectivity index (χ0n) is 11.9. The second-order valence-corrected chi connectivity index (χ2v) is 5.06. The summed E-state index contributed by atoms with van der Waals surface area (Å²) in [4.78, 5) is 12.0. The Morgan fingerprint density at radius 2 is 2.25 bits per heavy atom. The van der Waals surface area contributed by atoms with E-state index in [0.29, 0.717) is 17.1 Å². The number of nitrogens with one attached hydrogen (secondary N) is 1. The maximum atomic E-state index is 12.0. The Hall–Kier alpha value is -1.50. The van der Waals surface area contributed by atoms with Crippen LogP contribution in [0.5, 0.6) is 0 Å². The molecule has 0 aliphatic heterocycles. The van der Waals surface area contributed by atoms with E-state index in [-0.39, 0.29) is 18.4 Å². The predicted molar refractivity (Wildman–Crippen MR) is 82.7 cm³/mol. The summed E-state index contributed by atoms with van der Waals surface area (Å²) in [5, 5.41) is 12.0. The van der Waals surface area contributed by atoms with Gasteiger partial charge in [0.15, 0.2) is 0 Å². The molecular weight excluding hydrogens is 274 g/mol. The van der Waals surface area contributed by atoms with E-state index in [2.05, 4.69) is 17.2 Å². The summed E-state index contributed by atoms with van der Waals surface area (Å²) in [6.45, 7) is 3.99. The number of aliphatic hydroxyl groups is 1. The largest absolute Gasteiger partial charge is 0.395 e. The third-order valence-electron chi connectivity index (χ3n) is 2.86. The quantitative estimate of drug-likeness (QED) is 0.817. The minimum absolute atomic E-state index is 0.0331. The van der Waals surface area contributed by atoms with Crippen LogP contribution in [0.2, 0.25) is 5.02 Å². The summed E-state index contributed by atoms with van der Waals surface area (Å²) in [6.07, 6.45) is 2.24. The number of hydrogen-bond acceptors (Lipinski definition) is 2. The highest BCUT2D eigenvalue weighted by Crippen LogP contribution is 2.23. The maximum Gasteiger partial charge on any atom is 0.227 e. The number of anilines is 1. The van der Waals surface area contributed by atoms with Gasteiger partial charge in [-0.2, -0.15) is 0 Å². The third kappa shape index (κ3) is 5.24. The van der Waals surface area contributed by atoms with Crippen molar-refractivity contribution in [1.29, 1.82) is 0 Å². The lowest BCUT2D eigenvalue weighted by atomic mass is 10.1. The highest BCUT2D eigenvalue weighted by Gasteiger charge is 2.13. The lowest BCUT2D eigenvalue weighted by Gasteiger charge is -2.12. The number of benzene rings is 1. The van der Waals surface area contributed by atoms with E-state index in [9.17, 15) is 4.79 Å². The van der Waals surface area contributed by atoms with Crippen LogP contribution in [0.4, 0.5) is 5.69 Å². The fourth-order valence-corrected chi connectivity index (χ4v) is 1.90. The molecule has 0 radical (unpaired) electrons. The van der Waals surface area contributed by atoms with Gasteiger partial charge in [-0.3, -0.25) is 4.79 Å². The van der Waals surface area contributed by atoms with Crippen LogP contribution in [-0.4, -0.2) is 17.6 Å². The fourth-order valence-electron chi connectivity index (χ4n) is 1.74. The van der Waals surface area contributed by atoms with E-state index in [4.69, 9.17) is 16.7 Å². The third-order valence-corrected chi connectivity index (χ3v) is 3.19. The molecule has 1 unspecified atom stereocenters. The maximum absolute atomic E-state index is 12.0. The van der Waals surface area contributed by atoms with Crippen LogP contribution in [-0.2, 0) is 4.79 Å². The van der Waals surface area contributed by atoms with Crippen LogP contribution in [0, 0.1) is 17.8 Å². The topological polar surface area (TPSA) is 49.3 Å². The summed E-state index contributed by atoms with van der Waals surface area (Å²) in [6, 6.07) is 5.26. The van der Waals surface area contributed by atoms with Gasteiger partial charge in [-0.05, 0) is 24.6 Å². The second kappa shape index (κ2) is 8.63. The molecule has 0 aliphatic rings. The first-order chi connectivity index (χ1) is 9.58. The van der Waals surface area contributed by atoms with Gasteiger partial charge < -0.3 is 10.4 Å². The fraction of sp³-hybridized carbons (Fsp3) is 0.438. The Labute approximate surface area is 125 Å². The van der Waals surface area contributed by atoms with Crippen molar-refractivity contribution in [2.75, 3.05) is 11.9 Å². The number of carbonyl (C=O) groups excluding carboxylic acids is 1. The number of halogens is 1. The van der Waals surface area contributed by atoms with E-state index in [1.165, 1.54) is 0 Å². The Morgan fingerprint density at radius 1 is 1.50 bits per heavy atom. The van der Waals surface area contributed by atoms with Crippen molar-refractivity contribution in [2.45, 2.75) is 33.1 Å². The molecule has 1 rings (SSSR count). The van der Waals surface area contributed by atoms with E-state index < -0.39 is 0 Å². The van der Waals surface area contributed by atoms with Crippen molar-refractivity contribution >= 4 is 23.2 Å².